The van der Waals surface area contributed by atoms with Gasteiger partial charge in [-0.15, -0.1) is 0 Å². The van der Waals surface area contributed by atoms with Crippen molar-refractivity contribution < 1.29 is 18.3 Å². The number of nitrogens with zero attached hydrogens (tertiary/aromatic N) is 2. The van der Waals surface area contributed by atoms with E-state index in [0.717, 1.165) is 49.5 Å². The summed E-state index contributed by atoms with van der Waals surface area (Å²) >= 11 is 0. The highest BCUT2D eigenvalue weighted by Gasteiger charge is 2.22. The Morgan fingerprint density at radius 3 is 2.60 bits per heavy atom. The topological polar surface area (TPSA) is 47.7 Å². The third-order valence-electron chi connectivity index (χ3n) is 4.53. The number of piperidine rings is 1. The first-order valence-electron chi connectivity index (χ1n) is 8.71. The van der Waals surface area contributed by atoms with Crippen LogP contribution >= 0.6 is 0 Å². The number of benzene rings is 1. The maximum Gasteiger partial charge on any atom is 0.226 e. The van der Waals surface area contributed by atoms with Gasteiger partial charge < -0.3 is 13.9 Å². The van der Waals surface area contributed by atoms with Crippen LogP contribution in [0.5, 0.6) is 0 Å². The Morgan fingerprint density at radius 1 is 1.20 bits per heavy atom. The molecule has 2 aromatic rings. The van der Waals surface area contributed by atoms with Crippen LogP contribution in [0.3, 0.4) is 0 Å². The monoisotopic (exact) mass is 348 g/mol. The SMILES string of the molecule is COCCOC1CCN(Cc2nc(-c3ccc(F)cc3)oc2C)CC1. The van der Waals surface area contributed by atoms with E-state index >= 15 is 0 Å². The molecular weight excluding hydrogens is 323 g/mol. The molecule has 1 aromatic heterocycles. The Balaban J connectivity index is 1.55. The summed E-state index contributed by atoms with van der Waals surface area (Å²) in [6, 6.07) is 6.21. The number of aryl methyl sites for hydroxylation is 1. The summed E-state index contributed by atoms with van der Waals surface area (Å²) < 4.78 is 29.6. The lowest BCUT2D eigenvalue weighted by Crippen LogP contribution is -2.37. The normalized spacial score (nSPS) is 16.4. The van der Waals surface area contributed by atoms with Crippen LogP contribution < -0.4 is 0 Å². The molecule has 1 aliphatic rings. The van der Waals surface area contributed by atoms with E-state index in [1.165, 1.54) is 12.1 Å². The Kier molecular flexibility index (Phi) is 6.18. The average molecular weight is 348 g/mol. The van der Waals surface area contributed by atoms with Crippen molar-refractivity contribution in [2.75, 3.05) is 33.4 Å². The minimum absolute atomic E-state index is 0.261. The molecule has 1 aliphatic heterocycles. The zero-order chi connectivity index (χ0) is 17.6. The highest BCUT2D eigenvalue weighted by molar-refractivity contribution is 5.53. The fourth-order valence-corrected chi connectivity index (χ4v) is 3.03. The summed E-state index contributed by atoms with van der Waals surface area (Å²) in [5.41, 5.74) is 1.74. The van der Waals surface area contributed by atoms with E-state index in [1.807, 2.05) is 6.92 Å². The largest absolute Gasteiger partial charge is 0.441 e. The number of oxazole rings is 1. The first kappa shape index (κ1) is 18.0. The molecule has 0 unspecified atom stereocenters. The summed E-state index contributed by atoms with van der Waals surface area (Å²) in [4.78, 5) is 6.98. The second kappa shape index (κ2) is 8.56. The van der Waals surface area contributed by atoms with Gasteiger partial charge in [0.25, 0.3) is 0 Å². The average Bonchev–Trinajstić information content (AvgIpc) is 2.98. The lowest BCUT2D eigenvalue weighted by Gasteiger charge is -2.31. The summed E-state index contributed by atoms with van der Waals surface area (Å²) in [7, 11) is 1.69. The first-order valence-corrected chi connectivity index (χ1v) is 8.71. The maximum atomic E-state index is 13.1. The van der Waals surface area contributed by atoms with Crippen LogP contribution in [0.15, 0.2) is 28.7 Å². The Morgan fingerprint density at radius 2 is 1.92 bits per heavy atom. The van der Waals surface area contributed by atoms with E-state index in [9.17, 15) is 4.39 Å². The summed E-state index contributed by atoms with van der Waals surface area (Å²) in [6.45, 7) is 5.96. The highest BCUT2D eigenvalue weighted by atomic mass is 19.1. The standard InChI is InChI=1S/C19H25FN2O3/c1-14-18(21-19(25-14)15-3-5-16(20)6-4-15)13-22-9-7-17(8-10-22)24-12-11-23-2/h3-6,17H,7-13H2,1-2H3. The van der Waals surface area contributed by atoms with Crippen molar-refractivity contribution in [2.45, 2.75) is 32.4 Å². The molecule has 1 saturated heterocycles. The van der Waals surface area contributed by atoms with Crippen LogP contribution in [0, 0.1) is 12.7 Å². The third-order valence-corrected chi connectivity index (χ3v) is 4.53. The number of hydrogen-bond acceptors (Lipinski definition) is 5. The second-order valence-electron chi connectivity index (χ2n) is 6.37. The van der Waals surface area contributed by atoms with Crippen LogP contribution in [0.4, 0.5) is 4.39 Å². The molecular formula is C19H25FN2O3. The lowest BCUT2D eigenvalue weighted by atomic mass is 10.1. The molecule has 2 heterocycles. The van der Waals surface area contributed by atoms with E-state index < -0.39 is 0 Å². The highest BCUT2D eigenvalue weighted by Crippen LogP contribution is 2.24. The fraction of sp³-hybridized carbons (Fsp3) is 0.526. The quantitative estimate of drug-likeness (QED) is 0.718. The minimum atomic E-state index is -0.261. The Hall–Kier alpha value is -1.76. The lowest BCUT2D eigenvalue weighted by molar-refractivity contribution is -0.0159. The van der Waals surface area contributed by atoms with Gasteiger partial charge in [0.15, 0.2) is 0 Å². The number of aromatic nitrogens is 1. The van der Waals surface area contributed by atoms with Gasteiger partial charge in [-0.05, 0) is 44.0 Å². The summed E-state index contributed by atoms with van der Waals surface area (Å²) in [6.07, 6.45) is 2.36. The van der Waals surface area contributed by atoms with Crippen molar-refractivity contribution in [3.05, 3.63) is 41.5 Å². The van der Waals surface area contributed by atoms with Gasteiger partial charge in [0.05, 0.1) is 25.0 Å². The molecule has 0 aliphatic carbocycles. The second-order valence-corrected chi connectivity index (χ2v) is 6.37. The molecule has 0 radical (unpaired) electrons. The Labute approximate surface area is 147 Å². The fourth-order valence-electron chi connectivity index (χ4n) is 3.03. The van der Waals surface area contributed by atoms with E-state index in [1.54, 1.807) is 19.2 Å². The zero-order valence-corrected chi connectivity index (χ0v) is 14.8. The molecule has 5 nitrogen and oxygen atoms in total. The van der Waals surface area contributed by atoms with Crippen LogP contribution in [0.25, 0.3) is 11.5 Å². The van der Waals surface area contributed by atoms with Crippen LogP contribution in [-0.2, 0) is 16.0 Å². The number of halogens is 1. The van der Waals surface area contributed by atoms with Gasteiger partial charge in [-0.3, -0.25) is 4.90 Å². The van der Waals surface area contributed by atoms with Crippen LogP contribution in [-0.4, -0.2) is 49.4 Å². The molecule has 6 heteroatoms. The molecule has 0 spiro atoms. The molecule has 136 valence electrons. The molecule has 0 saturated carbocycles. The van der Waals surface area contributed by atoms with Crippen LogP contribution in [0.1, 0.15) is 24.3 Å². The molecule has 1 aromatic carbocycles. The number of rotatable bonds is 7. The number of ether oxygens (including phenoxy) is 2. The van der Waals surface area contributed by atoms with Crippen molar-refractivity contribution in [1.29, 1.82) is 0 Å². The number of methoxy groups -OCH3 is 1. The summed E-state index contributed by atoms with van der Waals surface area (Å²) in [5, 5.41) is 0. The van der Waals surface area contributed by atoms with Gasteiger partial charge in [-0.2, -0.15) is 0 Å². The van der Waals surface area contributed by atoms with Crippen molar-refractivity contribution in [3.63, 3.8) is 0 Å². The molecule has 3 rings (SSSR count). The predicted octanol–water partition coefficient (Wildman–Crippen LogP) is 3.42. The zero-order valence-electron chi connectivity index (χ0n) is 14.8. The smallest absolute Gasteiger partial charge is 0.226 e. The Bertz CT molecular complexity index is 664. The van der Waals surface area contributed by atoms with Crippen molar-refractivity contribution in [3.8, 4) is 11.5 Å². The van der Waals surface area contributed by atoms with Crippen molar-refractivity contribution >= 4 is 0 Å². The molecule has 0 atom stereocenters. The van der Waals surface area contributed by atoms with Crippen molar-refractivity contribution in [2.24, 2.45) is 0 Å². The minimum Gasteiger partial charge on any atom is -0.441 e. The van der Waals surface area contributed by atoms with Crippen LogP contribution in [0.2, 0.25) is 0 Å². The van der Waals surface area contributed by atoms with Gasteiger partial charge in [-0.1, -0.05) is 0 Å². The van der Waals surface area contributed by atoms with Gasteiger partial charge in [0.1, 0.15) is 11.6 Å². The van der Waals surface area contributed by atoms with Gasteiger partial charge >= 0.3 is 0 Å². The molecule has 0 N–H and O–H groups in total. The molecule has 1 fully saturated rings. The maximum absolute atomic E-state index is 13.1. The third kappa shape index (κ3) is 4.87. The van der Waals surface area contributed by atoms with Gasteiger partial charge in [0, 0.05) is 32.3 Å². The molecule has 0 amide bonds. The molecule has 0 bridgehead atoms. The van der Waals surface area contributed by atoms with Gasteiger partial charge in [0.2, 0.25) is 5.89 Å². The van der Waals surface area contributed by atoms with Gasteiger partial charge in [-0.25, -0.2) is 9.37 Å². The van der Waals surface area contributed by atoms with E-state index in [2.05, 4.69) is 9.88 Å². The number of likely N-dealkylation sites (tertiary alicyclic amines) is 1. The van der Waals surface area contributed by atoms with E-state index in [0.29, 0.717) is 25.2 Å². The summed E-state index contributed by atoms with van der Waals surface area (Å²) in [5.74, 6) is 1.10. The van der Waals surface area contributed by atoms with E-state index in [-0.39, 0.29) is 5.82 Å². The van der Waals surface area contributed by atoms with E-state index in [4.69, 9.17) is 13.9 Å². The van der Waals surface area contributed by atoms with Crippen molar-refractivity contribution in [1.82, 2.24) is 9.88 Å². The number of hydrogen-bond donors (Lipinski definition) is 0. The predicted molar refractivity (Wildman–Crippen MR) is 92.8 cm³/mol. The first-order chi connectivity index (χ1) is 12.2. The molecule has 25 heavy (non-hydrogen) atoms.